The number of aromatic amines is 1. The van der Waals surface area contributed by atoms with E-state index < -0.39 is 36.3 Å². The number of imidazole rings is 2. The molecule has 1 aliphatic heterocycles. The first-order valence-corrected chi connectivity index (χ1v) is 14.2. The smallest absolute Gasteiger partial charge is 0.387 e. The number of aliphatic hydroxyl groups excluding tert-OH is 2. The molecule has 0 bridgehead atoms. The molecule has 3 aromatic heterocycles. The Bertz CT molecular complexity index is 1590. The van der Waals surface area contributed by atoms with Gasteiger partial charge in [-0.05, 0) is 51.2 Å². The van der Waals surface area contributed by atoms with Crippen molar-refractivity contribution in [3.8, 4) is 0 Å². The van der Waals surface area contributed by atoms with Crippen molar-refractivity contribution in [2.45, 2.75) is 82.3 Å². The summed E-state index contributed by atoms with van der Waals surface area (Å²) in [7, 11) is 0. The monoisotopic (exact) mass is 608 g/mol. The Morgan fingerprint density at radius 1 is 1.19 bits per heavy atom. The highest BCUT2D eigenvalue weighted by atomic mass is 35.5. The average molecular weight is 609 g/mol. The number of aliphatic hydroxyl groups is 2. The minimum atomic E-state index is -4.53. The zero-order valence-electron chi connectivity index (χ0n) is 23.0. The zero-order valence-corrected chi connectivity index (χ0v) is 23.7. The summed E-state index contributed by atoms with van der Waals surface area (Å²) in [6.07, 6.45) is -2.24. The highest BCUT2D eigenvalue weighted by Gasteiger charge is 2.46. The van der Waals surface area contributed by atoms with Crippen LogP contribution in [0.4, 0.5) is 19.0 Å². The van der Waals surface area contributed by atoms with Gasteiger partial charge in [0.25, 0.3) is 0 Å². The van der Waals surface area contributed by atoms with Crippen LogP contribution in [-0.2, 0) is 17.3 Å². The number of aromatic nitrogens is 6. The van der Waals surface area contributed by atoms with E-state index in [1.807, 2.05) is 0 Å². The number of hydrogen-bond donors (Lipinski definition) is 4. The van der Waals surface area contributed by atoms with Crippen LogP contribution >= 0.6 is 11.6 Å². The topological polar surface area (TPSA) is 151 Å². The molecular weight excluding hydrogens is 577 g/mol. The van der Waals surface area contributed by atoms with E-state index in [1.165, 1.54) is 18.7 Å². The fraction of sp³-hybridized carbons (Fsp3) is 0.556. The molecule has 2 aliphatic rings. The second-order valence-corrected chi connectivity index (χ2v) is 11.9. The summed E-state index contributed by atoms with van der Waals surface area (Å²) < 4.78 is 47.3. The summed E-state index contributed by atoms with van der Waals surface area (Å²) in [5.74, 6) is 1.27. The van der Waals surface area contributed by atoms with Crippen LogP contribution < -0.4 is 5.73 Å². The van der Waals surface area contributed by atoms with Crippen molar-refractivity contribution < 1.29 is 28.1 Å². The highest BCUT2D eigenvalue weighted by molar-refractivity contribution is 6.32. The van der Waals surface area contributed by atoms with Crippen LogP contribution in [0, 0.1) is 5.92 Å². The maximum absolute atomic E-state index is 13.2. The molecule has 1 saturated carbocycles. The number of nitrogens with one attached hydrogen (secondary N) is 1. The molecule has 5 N–H and O–H groups in total. The lowest BCUT2D eigenvalue weighted by Gasteiger charge is -2.46. The first kappa shape index (κ1) is 29.1. The third-order valence-electron chi connectivity index (χ3n) is 8.45. The Labute approximate surface area is 243 Å². The molecule has 226 valence electrons. The lowest BCUT2D eigenvalue weighted by atomic mass is 9.76. The number of hydrogen-bond acceptors (Lipinski definition) is 9. The predicted octanol–water partition coefficient (Wildman–Crippen LogP) is 3.70. The SMILES string of the molecule is CC(C)N(C[C@H]1O[C@@H](n2cnc3c(N)ncnc32)[C@H](O)[C@@H]1O)[C@H]1C[C@H](CCc2nc3cc(Cl)c(C(F)(F)F)cc3[nH]2)C1. The van der Waals surface area contributed by atoms with Gasteiger partial charge in [-0.3, -0.25) is 9.47 Å². The summed E-state index contributed by atoms with van der Waals surface area (Å²) in [6, 6.07) is 2.70. The second-order valence-electron chi connectivity index (χ2n) is 11.5. The molecular formula is C27H32ClF3N8O3. The van der Waals surface area contributed by atoms with Gasteiger partial charge in [-0.15, -0.1) is 0 Å². The largest absolute Gasteiger partial charge is 0.417 e. The standard InChI is InChI=1S/C27H32ClF3N8O3/c1-12(2)38(9-19-22(40)23(41)26(42-19)39-11-35-21-24(32)33-10-34-25(21)39)14-5-13(6-14)3-4-20-36-17-7-15(27(29,30)31)16(28)8-18(17)37-20/h7-8,10-14,19,22-23,26,40-41H,3-6,9H2,1-2H3,(H,36,37)(H2,32,33,34)/t13-,14-,19-,22-,23-,26-/m1/s1. The fourth-order valence-corrected chi connectivity index (χ4v) is 6.39. The van der Waals surface area contributed by atoms with Gasteiger partial charge >= 0.3 is 6.18 Å². The molecule has 42 heavy (non-hydrogen) atoms. The van der Waals surface area contributed by atoms with Crippen LogP contribution in [-0.4, -0.2) is 81.5 Å². The summed E-state index contributed by atoms with van der Waals surface area (Å²) >= 11 is 5.84. The van der Waals surface area contributed by atoms with Crippen LogP contribution in [0.5, 0.6) is 0 Å². The number of rotatable bonds is 8. The lowest BCUT2D eigenvalue weighted by Crippen LogP contribution is -2.52. The van der Waals surface area contributed by atoms with Crippen LogP contribution in [0.2, 0.25) is 5.02 Å². The first-order chi connectivity index (χ1) is 19.9. The van der Waals surface area contributed by atoms with Crippen LogP contribution in [0.3, 0.4) is 0 Å². The van der Waals surface area contributed by atoms with Gasteiger partial charge < -0.3 is 25.7 Å². The molecule has 11 nitrogen and oxygen atoms in total. The molecule has 0 unspecified atom stereocenters. The number of nitrogens with zero attached hydrogens (tertiary/aromatic N) is 6. The van der Waals surface area contributed by atoms with E-state index in [0.717, 1.165) is 25.3 Å². The Morgan fingerprint density at radius 2 is 1.95 bits per heavy atom. The van der Waals surface area contributed by atoms with Gasteiger partial charge in [0, 0.05) is 25.0 Å². The van der Waals surface area contributed by atoms with Crippen molar-refractivity contribution in [1.82, 2.24) is 34.4 Å². The number of fused-ring (bicyclic) bond motifs is 2. The molecule has 15 heteroatoms. The summed E-state index contributed by atoms with van der Waals surface area (Å²) in [4.78, 5) is 22.1. The molecule has 0 spiro atoms. The Morgan fingerprint density at radius 3 is 2.67 bits per heavy atom. The van der Waals surface area contributed by atoms with Gasteiger partial charge in [0.2, 0.25) is 0 Å². The van der Waals surface area contributed by atoms with Crippen molar-refractivity contribution in [3.05, 3.63) is 41.2 Å². The molecule has 1 saturated heterocycles. The zero-order chi connectivity index (χ0) is 29.9. The van der Waals surface area contributed by atoms with Gasteiger partial charge in [-0.25, -0.2) is 19.9 Å². The molecule has 0 amide bonds. The molecule has 4 atom stereocenters. The van der Waals surface area contributed by atoms with Crippen LogP contribution in [0.25, 0.3) is 22.2 Å². The van der Waals surface area contributed by atoms with Crippen molar-refractivity contribution in [2.24, 2.45) is 5.92 Å². The van der Waals surface area contributed by atoms with Crippen LogP contribution in [0.1, 0.15) is 50.7 Å². The van der Waals surface area contributed by atoms with Crippen molar-refractivity contribution in [1.29, 1.82) is 0 Å². The number of ether oxygens (including phenoxy) is 1. The van der Waals surface area contributed by atoms with Gasteiger partial charge in [0.15, 0.2) is 17.7 Å². The minimum absolute atomic E-state index is 0.174. The van der Waals surface area contributed by atoms with E-state index in [9.17, 15) is 23.4 Å². The van der Waals surface area contributed by atoms with Gasteiger partial charge in [-0.1, -0.05) is 11.6 Å². The predicted molar refractivity (Wildman–Crippen MR) is 148 cm³/mol. The molecule has 0 radical (unpaired) electrons. The lowest BCUT2D eigenvalue weighted by molar-refractivity contribution is -0.137. The van der Waals surface area contributed by atoms with E-state index in [-0.39, 0.29) is 22.9 Å². The Kier molecular flexibility index (Phi) is 7.54. The van der Waals surface area contributed by atoms with Crippen molar-refractivity contribution in [2.75, 3.05) is 12.3 Å². The van der Waals surface area contributed by atoms with E-state index in [4.69, 9.17) is 22.1 Å². The highest BCUT2D eigenvalue weighted by Crippen LogP contribution is 2.39. The number of halogens is 4. The number of aryl methyl sites for hydroxylation is 1. The average Bonchev–Trinajstić information content (AvgIpc) is 3.58. The molecule has 4 aromatic rings. The first-order valence-electron chi connectivity index (χ1n) is 13.9. The second kappa shape index (κ2) is 10.9. The van der Waals surface area contributed by atoms with E-state index >= 15 is 0 Å². The van der Waals surface area contributed by atoms with E-state index in [1.54, 1.807) is 4.57 Å². The number of benzene rings is 1. The Balaban J connectivity index is 1.06. The third kappa shape index (κ3) is 5.30. The number of H-pyrrole nitrogens is 1. The fourth-order valence-electron chi connectivity index (χ4n) is 6.12. The number of nitrogens with two attached hydrogens (primary N) is 1. The molecule has 1 aromatic carbocycles. The van der Waals surface area contributed by atoms with Gasteiger partial charge in [-0.2, -0.15) is 13.2 Å². The quantitative estimate of drug-likeness (QED) is 0.235. The maximum atomic E-state index is 13.2. The van der Waals surface area contributed by atoms with E-state index in [2.05, 4.69) is 43.7 Å². The van der Waals surface area contributed by atoms with Crippen molar-refractivity contribution in [3.63, 3.8) is 0 Å². The molecule has 6 rings (SSSR count). The van der Waals surface area contributed by atoms with E-state index in [0.29, 0.717) is 46.9 Å². The number of alkyl halides is 3. The third-order valence-corrected chi connectivity index (χ3v) is 8.76. The molecule has 1 aliphatic carbocycles. The minimum Gasteiger partial charge on any atom is -0.387 e. The Hall–Kier alpha value is -3.04. The van der Waals surface area contributed by atoms with Gasteiger partial charge in [0.05, 0.1) is 27.9 Å². The summed E-state index contributed by atoms with van der Waals surface area (Å²) in [5, 5.41) is 21.4. The summed E-state index contributed by atoms with van der Waals surface area (Å²) in [5.41, 5.74) is 6.54. The van der Waals surface area contributed by atoms with Crippen LogP contribution in [0.15, 0.2) is 24.8 Å². The normalized spacial score (nSPS) is 26.6. The van der Waals surface area contributed by atoms with Gasteiger partial charge in [0.1, 0.15) is 36.0 Å². The maximum Gasteiger partial charge on any atom is 0.417 e. The summed E-state index contributed by atoms with van der Waals surface area (Å²) in [6.45, 7) is 4.60. The van der Waals surface area contributed by atoms with Crippen molar-refractivity contribution >= 4 is 39.6 Å². The number of nitrogen functional groups attached to an aromatic ring is 1. The number of anilines is 1. The molecule has 2 fully saturated rings. The molecule has 4 heterocycles.